The van der Waals surface area contributed by atoms with Gasteiger partial charge in [-0.05, 0) is 25.3 Å². The zero-order valence-corrected chi connectivity index (χ0v) is 10.8. The van der Waals surface area contributed by atoms with Gasteiger partial charge in [-0.3, -0.25) is 0 Å². The summed E-state index contributed by atoms with van der Waals surface area (Å²) in [5.74, 6) is 1.09. The Kier molecular flexibility index (Phi) is 4.14. The number of rotatable bonds is 4. The standard InChI is InChI=1S/C11H19N5O2/c1-17-10-13-9(14-11(15-10)18-2)16-5-3-4-8(6-12)7-16/h8H,3-7,12H2,1-2H3. The monoisotopic (exact) mass is 253 g/mol. The summed E-state index contributed by atoms with van der Waals surface area (Å²) in [5.41, 5.74) is 5.73. The molecule has 2 rings (SSSR count). The zero-order valence-electron chi connectivity index (χ0n) is 10.8. The molecule has 1 fully saturated rings. The first-order chi connectivity index (χ1) is 8.76. The van der Waals surface area contributed by atoms with E-state index in [2.05, 4.69) is 19.9 Å². The van der Waals surface area contributed by atoms with Gasteiger partial charge in [0.15, 0.2) is 0 Å². The van der Waals surface area contributed by atoms with E-state index < -0.39 is 0 Å². The zero-order chi connectivity index (χ0) is 13.0. The number of hydrogen-bond donors (Lipinski definition) is 1. The highest BCUT2D eigenvalue weighted by atomic mass is 16.5. The maximum Gasteiger partial charge on any atom is 0.324 e. The fraction of sp³-hybridized carbons (Fsp3) is 0.727. The first-order valence-corrected chi connectivity index (χ1v) is 6.06. The van der Waals surface area contributed by atoms with Gasteiger partial charge >= 0.3 is 12.0 Å². The summed E-state index contributed by atoms with van der Waals surface area (Å²) in [4.78, 5) is 14.6. The fourth-order valence-electron chi connectivity index (χ4n) is 2.09. The normalized spacial score (nSPS) is 19.7. The molecule has 0 bridgehead atoms. The molecule has 1 unspecified atom stereocenters. The highest BCUT2D eigenvalue weighted by molar-refractivity contribution is 5.33. The number of aromatic nitrogens is 3. The second-order valence-corrected chi connectivity index (χ2v) is 4.30. The van der Waals surface area contributed by atoms with Crippen LogP contribution in [0.5, 0.6) is 12.0 Å². The summed E-state index contributed by atoms with van der Waals surface area (Å²) < 4.78 is 10.1. The molecular formula is C11H19N5O2. The lowest BCUT2D eigenvalue weighted by atomic mass is 9.99. The van der Waals surface area contributed by atoms with Gasteiger partial charge in [0.05, 0.1) is 14.2 Å². The molecule has 1 atom stereocenters. The molecule has 1 aliphatic rings. The van der Waals surface area contributed by atoms with E-state index in [9.17, 15) is 0 Å². The topological polar surface area (TPSA) is 86.4 Å². The maximum absolute atomic E-state index is 5.73. The number of nitrogens with zero attached hydrogens (tertiary/aromatic N) is 4. The van der Waals surface area contributed by atoms with Crippen LogP contribution < -0.4 is 20.1 Å². The Morgan fingerprint density at radius 1 is 1.22 bits per heavy atom. The number of hydrogen-bond acceptors (Lipinski definition) is 7. The Morgan fingerprint density at radius 3 is 2.44 bits per heavy atom. The Hall–Kier alpha value is -1.63. The Balaban J connectivity index is 2.20. The third-order valence-corrected chi connectivity index (χ3v) is 3.08. The van der Waals surface area contributed by atoms with Crippen molar-refractivity contribution in [2.24, 2.45) is 11.7 Å². The van der Waals surface area contributed by atoms with Crippen molar-refractivity contribution >= 4 is 5.95 Å². The first kappa shape index (κ1) is 12.8. The Labute approximate surface area is 106 Å². The number of nitrogens with two attached hydrogens (primary N) is 1. The maximum atomic E-state index is 5.73. The molecule has 1 aromatic rings. The Morgan fingerprint density at radius 2 is 1.89 bits per heavy atom. The second-order valence-electron chi connectivity index (χ2n) is 4.30. The molecule has 0 aliphatic carbocycles. The van der Waals surface area contributed by atoms with Gasteiger partial charge in [0.1, 0.15) is 0 Å². The SMILES string of the molecule is COc1nc(OC)nc(N2CCCC(CN)C2)n1. The van der Waals surface area contributed by atoms with Gasteiger partial charge < -0.3 is 20.1 Å². The van der Waals surface area contributed by atoms with Gasteiger partial charge in [0.25, 0.3) is 0 Å². The van der Waals surface area contributed by atoms with Crippen LogP contribution in [0, 0.1) is 5.92 Å². The van der Waals surface area contributed by atoms with Crippen LogP contribution in [-0.4, -0.2) is 48.8 Å². The molecule has 1 saturated heterocycles. The van der Waals surface area contributed by atoms with Crippen molar-refractivity contribution in [3.8, 4) is 12.0 Å². The Bertz CT molecular complexity index is 379. The molecule has 100 valence electrons. The molecule has 18 heavy (non-hydrogen) atoms. The molecule has 2 heterocycles. The van der Waals surface area contributed by atoms with Crippen molar-refractivity contribution in [3.63, 3.8) is 0 Å². The predicted molar refractivity (Wildman–Crippen MR) is 66.9 cm³/mol. The fourth-order valence-corrected chi connectivity index (χ4v) is 2.09. The third kappa shape index (κ3) is 2.79. The summed E-state index contributed by atoms with van der Waals surface area (Å²) in [6, 6.07) is 0.540. The molecule has 7 heteroatoms. The van der Waals surface area contributed by atoms with Crippen LogP contribution in [0.3, 0.4) is 0 Å². The minimum Gasteiger partial charge on any atom is -0.467 e. The van der Waals surface area contributed by atoms with Crippen molar-refractivity contribution in [1.82, 2.24) is 15.0 Å². The summed E-state index contributed by atoms with van der Waals surface area (Å²) in [5, 5.41) is 0. The van der Waals surface area contributed by atoms with E-state index in [1.165, 1.54) is 14.2 Å². The van der Waals surface area contributed by atoms with Crippen molar-refractivity contribution in [2.45, 2.75) is 12.8 Å². The van der Waals surface area contributed by atoms with Gasteiger partial charge in [0.2, 0.25) is 5.95 Å². The molecule has 7 nitrogen and oxygen atoms in total. The molecule has 0 spiro atoms. The minimum absolute atomic E-state index is 0.270. The van der Waals surface area contributed by atoms with E-state index in [1.54, 1.807) is 0 Å². The summed E-state index contributed by atoms with van der Waals surface area (Å²) in [7, 11) is 3.05. The summed E-state index contributed by atoms with van der Waals surface area (Å²) >= 11 is 0. The van der Waals surface area contributed by atoms with Crippen molar-refractivity contribution in [1.29, 1.82) is 0 Å². The van der Waals surface area contributed by atoms with Gasteiger partial charge in [-0.15, -0.1) is 4.98 Å². The van der Waals surface area contributed by atoms with Crippen molar-refractivity contribution in [3.05, 3.63) is 0 Å². The summed E-state index contributed by atoms with van der Waals surface area (Å²) in [6.07, 6.45) is 2.25. The van der Waals surface area contributed by atoms with Crippen LogP contribution in [0.2, 0.25) is 0 Å². The van der Waals surface area contributed by atoms with Gasteiger partial charge in [-0.1, -0.05) is 0 Å². The average molecular weight is 253 g/mol. The van der Waals surface area contributed by atoms with Gasteiger partial charge in [0, 0.05) is 13.1 Å². The van der Waals surface area contributed by atoms with E-state index in [0.717, 1.165) is 25.9 Å². The van der Waals surface area contributed by atoms with E-state index >= 15 is 0 Å². The van der Waals surface area contributed by atoms with E-state index in [1.807, 2.05) is 0 Å². The van der Waals surface area contributed by atoms with Crippen LogP contribution in [-0.2, 0) is 0 Å². The van der Waals surface area contributed by atoms with Crippen LogP contribution >= 0.6 is 0 Å². The van der Waals surface area contributed by atoms with Gasteiger partial charge in [-0.25, -0.2) is 0 Å². The van der Waals surface area contributed by atoms with Gasteiger partial charge in [-0.2, -0.15) is 9.97 Å². The molecule has 0 saturated carbocycles. The lowest BCUT2D eigenvalue weighted by molar-refractivity contribution is 0.337. The molecule has 0 amide bonds. The first-order valence-electron chi connectivity index (χ1n) is 6.06. The van der Waals surface area contributed by atoms with Crippen LogP contribution in [0.15, 0.2) is 0 Å². The molecular weight excluding hydrogens is 234 g/mol. The van der Waals surface area contributed by atoms with E-state index in [0.29, 0.717) is 18.4 Å². The minimum atomic E-state index is 0.270. The van der Waals surface area contributed by atoms with Crippen molar-refractivity contribution < 1.29 is 9.47 Å². The van der Waals surface area contributed by atoms with E-state index in [-0.39, 0.29) is 12.0 Å². The van der Waals surface area contributed by atoms with E-state index in [4.69, 9.17) is 15.2 Å². The molecule has 0 radical (unpaired) electrons. The third-order valence-electron chi connectivity index (χ3n) is 3.08. The number of anilines is 1. The second kappa shape index (κ2) is 5.81. The molecule has 2 N–H and O–H groups in total. The average Bonchev–Trinajstić information content (AvgIpc) is 2.46. The van der Waals surface area contributed by atoms with Crippen LogP contribution in [0.1, 0.15) is 12.8 Å². The summed E-state index contributed by atoms with van der Waals surface area (Å²) in [6.45, 7) is 2.48. The van der Waals surface area contributed by atoms with Crippen molar-refractivity contribution in [2.75, 3.05) is 38.8 Å². The molecule has 1 aromatic heterocycles. The largest absolute Gasteiger partial charge is 0.467 e. The lowest BCUT2D eigenvalue weighted by Gasteiger charge is -2.32. The number of ether oxygens (including phenoxy) is 2. The van der Waals surface area contributed by atoms with Crippen LogP contribution in [0.25, 0.3) is 0 Å². The molecule has 0 aromatic carbocycles. The lowest BCUT2D eigenvalue weighted by Crippen LogP contribution is -2.39. The smallest absolute Gasteiger partial charge is 0.324 e. The van der Waals surface area contributed by atoms with Crippen LogP contribution in [0.4, 0.5) is 5.95 Å². The quantitative estimate of drug-likeness (QED) is 0.812. The molecule has 1 aliphatic heterocycles. The number of piperidine rings is 1. The number of methoxy groups -OCH3 is 2. The highest BCUT2D eigenvalue weighted by Crippen LogP contribution is 2.22. The predicted octanol–water partition coefficient (Wildman–Crippen LogP) is 0.0639. The highest BCUT2D eigenvalue weighted by Gasteiger charge is 2.22.